The first-order chi connectivity index (χ1) is 8.02. The van der Waals surface area contributed by atoms with Crippen LogP contribution in [-0.2, 0) is 6.54 Å². The Hall–Kier alpha value is -1.13. The predicted octanol–water partition coefficient (Wildman–Crippen LogP) is 2.63. The number of nitrogens with two attached hydrogens (primary N) is 1. The SMILES string of the molecule is CCN(CCC(=N)N)Cc1cc(F)ccc1Cl. The maximum Gasteiger partial charge on any atom is 0.123 e. The summed E-state index contributed by atoms with van der Waals surface area (Å²) in [5.41, 5.74) is 6.07. The third-order valence-electron chi connectivity index (χ3n) is 2.55. The second-order valence-corrected chi connectivity index (χ2v) is 4.29. The van der Waals surface area contributed by atoms with Crippen molar-refractivity contribution in [3.8, 4) is 0 Å². The number of hydrogen-bond acceptors (Lipinski definition) is 2. The smallest absolute Gasteiger partial charge is 0.123 e. The van der Waals surface area contributed by atoms with Gasteiger partial charge in [-0.05, 0) is 30.3 Å². The van der Waals surface area contributed by atoms with Crippen molar-refractivity contribution in [2.75, 3.05) is 13.1 Å². The molecule has 0 aromatic heterocycles. The summed E-state index contributed by atoms with van der Waals surface area (Å²) < 4.78 is 13.1. The van der Waals surface area contributed by atoms with Gasteiger partial charge in [0.15, 0.2) is 0 Å². The Balaban J connectivity index is 2.66. The van der Waals surface area contributed by atoms with E-state index in [0.717, 1.165) is 12.1 Å². The van der Waals surface area contributed by atoms with E-state index in [1.807, 2.05) is 6.92 Å². The molecule has 0 atom stereocenters. The van der Waals surface area contributed by atoms with E-state index in [4.69, 9.17) is 22.7 Å². The standard InChI is InChI=1S/C12H17ClFN3/c1-2-17(6-5-12(15)16)8-9-7-10(14)3-4-11(9)13/h3-4,7H,2,5-6,8H2,1H3,(H3,15,16). The lowest BCUT2D eigenvalue weighted by Gasteiger charge is -2.20. The van der Waals surface area contributed by atoms with E-state index in [-0.39, 0.29) is 11.7 Å². The van der Waals surface area contributed by atoms with Crippen LogP contribution in [0.4, 0.5) is 4.39 Å². The lowest BCUT2D eigenvalue weighted by molar-refractivity contribution is 0.288. The van der Waals surface area contributed by atoms with Crippen LogP contribution in [0.5, 0.6) is 0 Å². The van der Waals surface area contributed by atoms with Crippen LogP contribution in [0, 0.1) is 11.2 Å². The number of nitrogens with one attached hydrogen (secondary N) is 1. The minimum Gasteiger partial charge on any atom is -0.388 e. The van der Waals surface area contributed by atoms with Crippen molar-refractivity contribution in [2.24, 2.45) is 5.73 Å². The van der Waals surface area contributed by atoms with Crippen molar-refractivity contribution in [1.82, 2.24) is 4.90 Å². The quantitative estimate of drug-likeness (QED) is 0.608. The Labute approximate surface area is 106 Å². The van der Waals surface area contributed by atoms with Crippen molar-refractivity contribution < 1.29 is 4.39 Å². The molecule has 3 N–H and O–H groups in total. The topological polar surface area (TPSA) is 53.1 Å². The number of benzene rings is 1. The molecule has 0 spiro atoms. The van der Waals surface area contributed by atoms with Crippen LogP contribution >= 0.6 is 11.6 Å². The largest absolute Gasteiger partial charge is 0.388 e. The van der Waals surface area contributed by atoms with Gasteiger partial charge in [-0.3, -0.25) is 10.3 Å². The molecule has 0 saturated carbocycles. The van der Waals surface area contributed by atoms with Crippen LogP contribution in [0.3, 0.4) is 0 Å². The molecule has 94 valence electrons. The van der Waals surface area contributed by atoms with Crippen LogP contribution < -0.4 is 5.73 Å². The number of hydrogen-bond donors (Lipinski definition) is 2. The van der Waals surface area contributed by atoms with Gasteiger partial charge in [0, 0.05) is 24.5 Å². The van der Waals surface area contributed by atoms with Crippen LogP contribution in [0.15, 0.2) is 18.2 Å². The van der Waals surface area contributed by atoms with E-state index >= 15 is 0 Å². The van der Waals surface area contributed by atoms with E-state index in [1.165, 1.54) is 12.1 Å². The van der Waals surface area contributed by atoms with E-state index in [1.54, 1.807) is 6.07 Å². The van der Waals surface area contributed by atoms with E-state index in [9.17, 15) is 4.39 Å². The van der Waals surface area contributed by atoms with Crippen LogP contribution in [0.2, 0.25) is 5.02 Å². The molecule has 0 aliphatic carbocycles. The summed E-state index contributed by atoms with van der Waals surface area (Å²) in [4.78, 5) is 2.07. The summed E-state index contributed by atoms with van der Waals surface area (Å²) in [6, 6.07) is 4.35. The number of rotatable bonds is 6. The Morgan fingerprint density at radius 2 is 2.24 bits per heavy atom. The normalized spacial score (nSPS) is 10.8. The minimum absolute atomic E-state index is 0.161. The van der Waals surface area contributed by atoms with Crippen molar-refractivity contribution >= 4 is 17.4 Å². The van der Waals surface area contributed by atoms with Crippen molar-refractivity contribution in [3.63, 3.8) is 0 Å². The van der Waals surface area contributed by atoms with Crippen molar-refractivity contribution in [3.05, 3.63) is 34.6 Å². The number of nitrogens with zero attached hydrogens (tertiary/aromatic N) is 1. The molecule has 0 fully saturated rings. The van der Waals surface area contributed by atoms with Gasteiger partial charge >= 0.3 is 0 Å². The zero-order valence-corrected chi connectivity index (χ0v) is 10.6. The second kappa shape index (κ2) is 6.57. The van der Waals surface area contributed by atoms with Gasteiger partial charge in [-0.15, -0.1) is 0 Å². The number of halogens is 2. The fourth-order valence-corrected chi connectivity index (χ4v) is 1.71. The molecular weight excluding hydrogens is 241 g/mol. The molecule has 0 unspecified atom stereocenters. The van der Waals surface area contributed by atoms with Gasteiger partial charge in [0.05, 0.1) is 5.84 Å². The van der Waals surface area contributed by atoms with Crippen LogP contribution in [0.1, 0.15) is 18.9 Å². The first-order valence-corrected chi connectivity index (χ1v) is 5.90. The summed E-state index contributed by atoms with van der Waals surface area (Å²) in [6.45, 7) is 4.06. The average Bonchev–Trinajstić information content (AvgIpc) is 2.28. The van der Waals surface area contributed by atoms with Crippen LogP contribution in [-0.4, -0.2) is 23.8 Å². The predicted molar refractivity (Wildman–Crippen MR) is 68.9 cm³/mol. The first kappa shape index (κ1) is 13.9. The molecule has 0 aliphatic rings. The zero-order valence-electron chi connectivity index (χ0n) is 9.84. The number of amidine groups is 1. The molecule has 5 heteroatoms. The summed E-state index contributed by atoms with van der Waals surface area (Å²) in [6.07, 6.45) is 0.515. The van der Waals surface area contributed by atoms with Gasteiger partial charge in [-0.25, -0.2) is 4.39 Å². The van der Waals surface area contributed by atoms with Gasteiger partial charge < -0.3 is 5.73 Å². The van der Waals surface area contributed by atoms with Crippen molar-refractivity contribution in [1.29, 1.82) is 5.41 Å². The molecule has 0 bridgehead atoms. The monoisotopic (exact) mass is 257 g/mol. The molecule has 1 rings (SSSR count). The Morgan fingerprint density at radius 1 is 1.53 bits per heavy atom. The average molecular weight is 258 g/mol. The van der Waals surface area contributed by atoms with Gasteiger partial charge in [-0.2, -0.15) is 0 Å². The maximum atomic E-state index is 13.1. The molecular formula is C12H17ClFN3. The molecule has 0 aliphatic heterocycles. The Kier molecular flexibility index (Phi) is 5.38. The molecule has 0 heterocycles. The van der Waals surface area contributed by atoms with Gasteiger partial charge in [0.1, 0.15) is 5.82 Å². The minimum atomic E-state index is -0.285. The second-order valence-electron chi connectivity index (χ2n) is 3.88. The molecule has 0 amide bonds. The third kappa shape index (κ3) is 4.71. The molecule has 0 saturated heterocycles. The lowest BCUT2D eigenvalue weighted by Crippen LogP contribution is -2.27. The summed E-state index contributed by atoms with van der Waals surface area (Å²) >= 11 is 6.00. The van der Waals surface area contributed by atoms with Gasteiger partial charge in [0.25, 0.3) is 0 Å². The highest BCUT2D eigenvalue weighted by molar-refractivity contribution is 6.31. The third-order valence-corrected chi connectivity index (χ3v) is 2.92. The molecule has 0 radical (unpaired) electrons. The van der Waals surface area contributed by atoms with Gasteiger partial charge in [0.2, 0.25) is 0 Å². The van der Waals surface area contributed by atoms with Crippen LogP contribution in [0.25, 0.3) is 0 Å². The Bertz CT molecular complexity index is 395. The highest BCUT2D eigenvalue weighted by Crippen LogP contribution is 2.18. The molecule has 1 aromatic rings. The Morgan fingerprint density at radius 3 is 2.82 bits per heavy atom. The molecule has 17 heavy (non-hydrogen) atoms. The highest BCUT2D eigenvalue weighted by atomic mass is 35.5. The highest BCUT2D eigenvalue weighted by Gasteiger charge is 2.08. The fourth-order valence-electron chi connectivity index (χ4n) is 1.53. The lowest BCUT2D eigenvalue weighted by atomic mass is 10.2. The van der Waals surface area contributed by atoms with Crippen molar-refractivity contribution in [2.45, 2.75) is 19.9 Å². The zero-order chi connectivity index (χ0) is 12.8. The molecule has 1 aromatic carbocycles. The van der Waals surface area contributed by atoms with Gasteiger partial charge in [-0.1, -0.05) is 18.5 Å². The van der Waals surface area contributed by atoms with E-state index in [2.05, 4.69) is 4.90 Å². The summed E-state index contributed by atoms with van der Waals surface area (Å²) in [5, 5.41) is 7.75. The summed E-state index contributed by atoms with van der Waals surface area (Å²) in [5.74, 6) is -0.124. The fraction of sp³-hybridized carbons (Fsp3) is 0.417. The van der Waals surface area contributed by atoms with E-state index < -0.39 is 0 Å². The van der Waals surface area contributed by atoms with E-state index in [0.29, 0.717) is 24.5 Å². The maximum absolute atomic E-state index is 13.1. The summed E-state index contributed by atoms with van der Waals surface area (Å²) in [7, 11) is 0. The molecule has 3 nitrogen and oxygen atoms in total. The first-order valence-electron chi connectivity index (χ1n) is 5.52.